The maximum atomic E-state index is 11.4. The lowest BCUT2D eigenvalue weighted by atomic mass is 10.2. The Balaban J connectivity index is 2.20. The van der Waals surface area contributed by atoms with E-state index in [0.29, 0.717) is 5.69 Å². The molecular weight excluding hydrogens is 218 g/mol. The Morgan fingerprint density at radius 3 is 3.06 bits per heavy atom. The van der Waals surface area contributed by atoms with Crippen molar-refractivity contribution >= 4 is 11.6 Å². The largest absolute Gasteiger partial charge is 0.322 e. The number of hydrogen-bond acceptors (Lipinski definition) is 4. The van der Waals surface area contributed by atoms with Crippen LogP contribution in [0, 0.1) is 0 Å². The highest BCUT2D eigenvalue weighted by molar-refractivity contribution is 5.99. The summed E-state index contributed by atoms with van der Waals surface area (Å²) in [5, 5.41) is 13.6. The van der Waals surface area contributed by atoms with Crippen LogP contribution in [0.15, 0.2) is 42.7 Å². The van der Waals surface area contributed by atoms with Crippen LogP contribution in [0.2, 0.25) is 0 Å². The van der Waals surface area contributed by atoms with E-state index in [1.165, 1.54) is 17.1 Å². The first-order chi connectivity index (χ1) is 8.29. The molecule has 1 amide bonds. The van der Waals surface area contributed by atoms with E-state index >= 15 is 0 Å². The summed E-state index contributed by atoms with van der Waals surface area (Å²) in [5.74, 6) is -0.165. The van der Waals surface area contributed by atoms with Crippen LogP contribution in [0.25, 0.3) is 5.69 Å². The van der Waals surface area contributed by atoms with E-state index < -0.39 is 0 Å². The highest BCUT2D eigenvalue weighted by atomic mass is 16.1. The SMILES string of the molecule is C/C=C\C(=O)Nc1cccc(-n2cnnn2)c1. The van der Waals surface area contributed by atoms with E-state index in [4.69, 9.17) is 0 Å². The van der Waals surface area contributed by atoms with Crippen molar-refractivity contribution in [1.82, 2.24) is 20.2 Å². The van der Waals surface area contributed by atoms with Crippen molar-refractivity contribution in [3.05, 3.63) is 42.7 Å². The van der Waals surface area contributed by atoms with Crippen LogP contribution in [-0.2, 0) is 4.79 Å². The summed E-state index contributed by atoms with van der Waals surface area (Å²) in [4.78, 5) is 11.4. The second-order valence-electron chi connectivity index (χ2n) is 3.29. The van der Waals surface area contributed by atoms with Crippen LogP contribution in [0.1, 0.15) is 6.92 Å². The normalized spacial score (nSPS) is 10.6. The highest BCUT2D eigenvalue weighted by Crippen LogP contribution is 2.13. The molecule has 0 saturated carbocycles. The third-order valence-corrected chi connectivity index (χ3v) is 2.05. The number of amides is 1. The molecule has 6 heteroatoms. The first-order valence-corrected chi connectivity index (χ1v) is 5.06. The van der Waals surface area contributed by atoms with E-state index in [1.54, 1.807) is 25.1 Å². The third kappa shape index (κ3) is 2.75. The molecule has 0 unspecified atom stereocenters. The van der Waals surface area contributed by atoms with Gasteiger partial charge in [0.2, 0.25) is 5.91 Å². The zero-order chi connectivity index (χ0) is 12.1. The summed E-state index contributed by atoms with van der Waals surface area (Å²) < 4.78 is 1.52. The molecule has 0 spiro atoms. The fraction of sp³-hybridized carbons (Fsp3) is 0.0909. The first-order valence-electron chi connectivity index (χ1n) is 5.06. The summed E-state index contributed by atoms with van der Waals surface area (Å²) in [6, 6.07) is 7.26. The van der Waals surface area contributed by atoms with Gasteiger partial charge in [0.05, 0.1) is 5.69 Å². The average Bonchev–Trinajstić information content (AvgIpc) is 2.83. The summed E-state index contributed by atoms with van der Waals surface area (Å²) in [5.41, 5.74) is 1.48. The summed E-state index contributed by atoms with van der Waals surface area (Å²) in [6.45, 7) is 1.79. The van der Waals surface area contributed by atoms with Crippen molar-refractivity contribution in [3.8, 4) is 5.69 Å². The van der Waals surface area contributed by atoms with Gasteiger partial charge >= 0.3 is 0 Å². The lowest BCUT2D eigenvalue weighted by Crippen LogP contribution is -2.08. The van der Waals surface area contributed by atoms with Crippen molar-refractivity contribution in [1.29, 1.82) is 0 Å². The highest BCUT2D eigenvalue weighted by Gasteiger charge is 2.01. The molecule has 0 aliphatic rings. The number of nitrogens with zero attached hydrogens (tertiary/aromatic N) is 4. The molecule has 1 N–H and O–H groups in total. The van der Waals surface area contributed by atoms with E-state index in [0.717, 1.165) is 5.69 Å². The fourth-order valence-corrected chi connectivity index (χ4v) is 1.34. The van der Waals surface area contributed by atoms with Gasteiger partial charge in [-0.05, 0) is 41.6 Å². The minimum absolute atomic E-state index is 0.165. The Bertz CT molecular complexity index is 533. The van der Waals surface area contributed by atoms with Crippen molar-refractivity contribution in [2.75, 3.05) is 5.32 Å². The minimum atomic E-state index is -0.165. The van der Waals surface area contributed by atoms with Gasteiger partial charge in [-0.2, -0.15) is 0 Å². The Kier molecular flexibility index (Phi) is 3.25. The molecule has 1 heterocycles. The third-order valence-electron chi connectivity index (χ3n) is 2.05. The van der Waals surface area contributed by atoms with Crippen molar-refractivity contribution in [3.63, 3.8) is 0 Å². The van der Waals surface area contributed by atoms with E-state index in [9.17, 15) is 4.79 Å². The van der Waals surface area contributed by atoms with Gasteiger partial charge in [0.25, 0.3) is 0 Å². The second kappa shape index (κ2) is 5.02. The average molecular weight is 229 g/mol. The topological polar surface area (TPSA) is 72.7 Å². The molecule has 1 aromatic carbocycles. The number of nitrogens with one attached hydrogen (secondary N) is 1. The summed E-state index contributed by atoms with van der Waals surface area (Å²) >= 11 is 0. The fourth-order valence-electron chi connectivity index (χ4n) is 1.34. The Hall–Kier alpha value is -2.50. The molecule has 0 fully saturated rings. The van der Waals surface area contributed by atoms with Crippen LogP contribution in [0.3, 0.4) is 0 Å². The number of hydrogen-bond donors (Lipinski definition) is 1. The van der Waals surface area contributed by atoms with Gasteiger partial charge in [0, 0.05) is 5.69 Å². The van der Waals surface area contributed by atoms with Crippen molar-refractivity contribution in [2.45, 2.75) is 6.92 Å². The standard InChI is InChI=1S/C11H11N5O/c1-2-4-11(17)13-9-5-3-6-10(7-9)16-8-12-14-15-16/h2-8H,1H3,(H,13,17)/b4-2-. The number of benzene rings is 1. The Morgan fingerprint density at radius 2 is 2.35 bits per heavy atom. The molecule has 0 aliphatic carbocycles. The second-order valence-corrected chi connectivity index (χ2v) is 3.29. The maximum absolute atomic E-state index is 11.4. The summed E-state index contributed by atoms with van der Waals surface area (Å²) in [6.07, 6.45) is 4.64. The lowest BCUT2D eigenvalue weighted by molar-refractivity contribution is -0.111. The molecule has 6 nitrogen and oxygen atoms in total. The van der Waals surface area contributed by atoms with Gasteiger partial charge in [-0.1, -0.05) is 12.1 Å². The van der Waals surface area contributed by atoms with E-state index in [1.807, 2.05) is 12.1 Å². The minimum Gasteiger partial charge on any atom is -0.322 e. The monoisotopic (exact) mass is 229 g/mol. The predicted molar refractivity (Wildman–Crippen MR) is 62.6 cm³/mol. The van der Waals surface area contributed by atoms with Crippen LogP contribution in [0.4, 0.5) is 5.69 Å². The van der Waals surface area contributed by atoms with Crippen molar-refractivity contribution in [2.24, 2.45) is 0 Å². The molecular formula is C11H11N5O. The smallest absolute Gasteiger partial charge is 0.248 e. The maximum Gasteiger partial charge on any atom is 0.248 e. The number of allylic oxidation sites excluding steroid dienone is 1. The van der Waals surface area contributed by atoms with Gasteiger partial charge in [-0.3, -0.25) is 4.79 Å². The Labute approximate surface area is 98.0 Å². The number of aromatic nitrogens is 4. The quantitative estimate of drug-likeness (QED) is 0.802. The van der Waals surface area contributed by atoms with Crippen LogP contribution >= 0.6 is 0 Å². The molecule has 17 heavy (non-hydrogen) atoms. The molecule has 1 aromatic heterocycles. The van der Waals surface area contributed by atoms with Crippen LogP contribution < -0.4 is 5.32 Å². The van der Waals surface area contributed by atoms with E-state index in [-0.39, 0.29) is 5.91 Å². The molecule has 86 valence electrons. The summed E-state index contributed by atoms with van der Waals surface area (Å²) in [7, 11) is 0. The van der Waals surface area contributed by atoms with Gasteiger partial charge < -0.3 is 5.32 Å². The number of tetrazole rings is 1. The molecule has 0 radical (unpaired) electrons. The number of carbonyl (C=O) groups excluding carboxylic acids is 1. The molecule has 0 bridgehead atoms. The molecule has 2 rings (SSSR count). The van der Waals surface area contributed by atoms with E-state index in [2.05, 4.69) is 20.8 Å². The zero-order valence-corrected chi connectivity index (χ0v) is 9.24. The molecule has 2 aromatic rings. The van der Waals surface area contributed by atoms with Gasteiger partial charge in [-0.15, -0.1) is 5.10 Å². The van der Waals surface area contributed by atoms with Gasteiger partial charge in [0.15, 0.2) is 0 Å². The number of rotatable bonds is 3. The zero-order valence-electron chi connectivity index (χ0n) is 9.24. The van der Waals surface area contributed by atoms with Crippen LogP contribution in [-0.4, -0.2) is 26.1 Å². The molecule has 0 saturated heterocycles. The van der Waals surface area contributed by atoms with Crippen molar-refractivity contribution < 1.29 is 4.79 Å². The first kappa shape index (κ1) is 11.0. The van der Waals surface area contributed by atoms with Gasteiger partial charge in [0.1, 0.15) is 6.33 Å². The predicted octanol–water partition coefficient (Wildman–Crippen LogP) is 1.18. The van der Waals surface area contributed by atoms with Crippen LogP contribution in [0.5, 0.6) is 0 Å². The molecule has 0 atom stereocenters. The number of anilines is 1. The number of carbonyl (C=O) groups is 1. The van der Waals surface area contributed by atoms with Gasteiger partial charge in [-0.25, -0.2) is 4.68 Å². The lowest BCUT2D eigenvalue weighted by Gasteiger charge is -2.04. The Morgan fingerprint density at radius 1 is 1.47 bits per heavy atom. The molecule has 0 aliphatic heterocycles.